The predicted molar refractivity (Wildman–Crippen MR) is 108 cm³/mol. The van der Waals surface area contributed by atoms with Crippen molar-refractivity contribution in [3.63, 3.8) is 0 Å². The molecule has 1 aromatic heterocycles. The van der Waals surface area contributed by atoms with Gasteiger partial charge in [-0.05, 0) is 48.7 Å². The Morgan fingerprint density at radius 1 is 1.10 bits per heavy atom. The summed E-state index contributed by atoms with van der Waals surface area (Å²) in [5, 5.41) is 2.83. The van der Waals surface area contributed by atoms with Crippen molar-refractivity contribution >= 4 is 5.91 Å². The smallest absolute Gasteiger partial charge is 0.220 e. The normalized spacial score (nSPS) is 10.6. The summed E-state index contributed by atoms with van der Waals surface area (Å²) in [5.74, 6) is 1.53. The van der Waals surface area contributed by atoms with Crippen LogP contribution in [0.2, 0.25) is 0 Å². The minimum absolute atomic E-state index is 0.102. The Labute approximate surface area is 169 Å². The molecule has 1 amide bonds. The van der Waals surface area contributed by atoms with Crippen LogP contribution in [0, 0.1) is 12.7 Å². The molecular formula is C22H24FN3O3. The molecule has 2 aromatic carbocycles. The van der Waals surface area contributed by atoms with Crippen LogP contribution in [0.1, 0.15) is 23.4 Å². The van der Waals surface area contributed by atoms with Gasteiger partial charge in [0.05, 0.1) is 19.9 Å². The molecule has 0 bridgehead atoms. The van der Waals surface area contributed by atoms with Crippen molar-refractivity contribution in [3.8, 4) is 17.2 Å². The number of imidazole rings is 1. The third kappa shape index (κ3) is 4.93. The van der Waals surface area contributed by atoms with E-state index in [1.54, 1.807) is 43.3 Å². The molecule has 0 saturated carbocycles. The lowest BCUT2D eigenvalue weighted by Gasteiger charge is -2.11. The summed E-state index contributed by atoms with van der Waals surface area (Å²) in [6, 6.07) is 10.5. The summed E-state index contributed by atoms with van der Waals surface area (Å²) in [6.45, 7) is 2.08. The van der Waals surface area contributed by atoms with Gasteiger partial charge < -0.3 is 19.4 Å². The zero-order valence-corrected chi connectivity index (χ0v) is 16.7. The maximum absolute atomic E-state index is 14.4. The Hall–Kier alpha value is -3.35. The lowest BCUT2D eigenvalue weighted by Crippen LogP contribution is -2.23. The first-order chi connectivity index (χ1) is 14.0. The number of aromatic nitrogens is 2. The van der Waals surface area contributed by atoms with Crippen molar-refractivity contribution < 1.29 is 18.7 Å². The van der Waals surface area contributed by atoms with Gasteiger partial charge in [-0.3, -0.25) is 4.79 Å². The Kier molecular flexibility index (Phi) is 6.49. The SMILES string of the molecule is COc1ccc(CCC(=O)NCc2ccc(-n3ccnc3C)c(F)c2)cc1OC. The standard InChI is InChI=1S/C22H24FN3O3/c1-15-24-10-11-26(15)19-7-4-17(12-18(19)23)14-25-22(27)9-6-16-5-8-20(28-2)21(13-16)29-3/h4-5,7-8,10-13H,6,9,14H2,1-3H3,(H,25,27). The van der Waals surface area contributed by atoms with Crippen LogP contribution in [0.5, 0.6) is 11.5 Å². The van der Waals surface area contributed by atoms with Gasteiger partial charge in [-0.15, -0.1) is 0 Å². The van der Waals surface area contributed by atoms with Crippen molar-refractivity contribution in [3.05, 3.63) is 71.6 Å². The molecule has 0 spiro atoms. The van der Waals surface area contributed by atoms with Crippen LogP contribution in [-0.2, 0) is 17.8 Å². The van der Waals surface area contributed by atoms with Crippen LogP contribution < -0.4 is 14.8 Å². The third-order valence-corrected chi connectivity index (χ3v) is 4.68. The minimum Gasteiger partial charge on any atom is -0.493 e. The average Bonchev–Trinajstić information content (AvgIpc) is 3.16. The summed E-state index contributed by atoms with van der Waals surface area (Å²) in [4.78, 5) is 16.3. The van der Waals surface area contributed by atoms with Gasteiger partial charge in [-0.25, -0.2) is 9.37 Å². The highest BCUT2D eigenvalue weighted by atomic mass is 19.1. The molecule has 0 aliphatic heterocycles. The number of hydrogen-bond donors (Lipinski definition) is 1. The Morgan fingerprint density at radius 2 is 1.86 bits per heavy atom. The Morgan fingerprint density at radius 3 is 2.52 bits per heavy atom. The first-order valence-electron chi connectivity index (χ1n) is 9.28. The van der Waals surface area contributed by atoms with Gasteiger partial charge in [0.1, 0.15) is 11.6 Å². The van der Waals surface area contributed by atoms with E-state index in [0.29, 0.717) is 41.4 Å². The fraction of sp³-hybridized carbons (Fsp3) is 0.273. The fourth-order valence-electron chi connectivity index (χ4n) is 3.07. The molecule has 0 aliphatic rings. The van der Waals surface area contributed by atoms with Crippen LogP contribution in [-0.4, -0.2) is 29.7 Å². The first-order valence-corrected chi connectivity index (χ1v) is 9.28. The Bertz CT molecular complexity index is 1000. The number of halogens is 1. The van der Waals surface area contributed by atoms with Crippen LogP contribution >= 0.6 is 0 Å². The second-order valence-electron chi connectivity index (χ2n) is 6.60. The number of ether oxygens (including phenoxy) is 2. The number of rotatable bonds is 8. The van der Waals surface area contributed by atoms with Crippen molar-refractivity contribution in [1.29, 1.82) is 0 Å². The van der Waals surface area contributed by atoms with Crippen molar-refractivity contribution in [1.82, 2.24) is 14.9 Å². The number of nitrogens with one attached hydrogen (secondary N) is 1. The molecule has 29 heavy (non-hydrogen) atoms. The quantitative estimate of drug-likeness (QED) is 0.631. The van der Waals surface area contributed by atoms with E-state index in [0.717, 1.165) is 5.56 Å². The summed E-state index contributed by atoms with van der Waals surface area (Å²) < 4.78 is 26.6. The highest BCUT2D eigenvalue weighted by Gasteiger charge is 2.10. The van der Waals surface area contributed by atoms with E-state index >= 15 is 0 Å². The van der Waals surface area contributed by atoms with E-state index in [4.69, 9.17) is 9.47 Å². The van der Waals surface area contributed by atoms with Gasteiger partial charge in [0, 0.05) is 25.4 Å². The van der Waals surface area contributed by atoms with E-state index in [2.05, 4.69) is 10.3 Å². The van der Waals surface area contributed by atoms with Gasteiger partial charge in [0.25, 0.3) is 0 Å². The van der Waals surface area contributed by atoms with Crippen molar-refractivity contribution in [2.75, 3.05) is 14.2 Å². The highest BCUT2D eigenvalue weighted by molar-refractivity contribution is 5.76. The third-order valence-electron chi connectivity index (χ3n) is 4.68. The number of methoxy groups -OCH3 is 2. The van der Waals surface area contributed by atoms with Gasteiger partial charge in [0.15, 0.2) is 11.5 Å². The molecule has 1 heterocycles. The average molecular weight is 397 g/mol. The van der Waals surface area contributed by atoms with Crippen LogP contribution in [0.4, 0.5) is 4.39 Å². The molecule has 3 aromatic rings. The lowest BCUT2D eigenvalue weighted by atomic mass is 10.1. The Balaban J connectivity index is 1.54. The van der Waals surface area contributed by atoms with E-state index < -0.39 is 0 Å². The van der Waals surface area contributed by atoms with Crippen molar-refractivity contribution in [2.24, 2.45) is 0 Å². The fourth-order valence-corrected chi connectivity index (χ4v) is 3.07. The van der Waals surface area contributed by atoms with Gasteiger partial charge in [-0.1, -0.05) is 12.1 Å². The maximum Gasteiger partial charge on any atom is 0.220 e. The van der Waals surface area contributed by atoms with Crippen molar-refractivity contribution in [2.45, 2.75) is 26.3 Å². The first kappa shape index (κ1) is 20.4. The summed E-state index contributed by atoms with van der Waals surface area (Å²) in [6.07, 6.45) is 4.23. The number of carbonyl (C=O) groups excluding carboxylic acids is 1. The number of aryl methyl sites for hydroxylation is 2. The van der Waals surface area contributed by atoms with Gasteiger partial charge >= 0.3 is 0 Å². The highest BCUT2D eigenvalue weighted by Crippen LogP contribution is 2.28. The molecule has 0 fully saturated rings. The topological polar surface area (TPSA) is 65.4 Å². The molecule has 0 aliphatic carbocycles. The van der Waals surface area contributed by atoms with Crippen LogP contribution in [0.15, 0.2) is 48.8 Å². The van der Waals surface area contributed by atoms with Crippen LogP contribution in [0.25, 0.3) is 5.69 Å². The second kappa shape index (κ2) is 9.23. The molecule has 1 N–H and O–H groups in total. The molecule has 0 unspecified atom stereocenters. The van der Waals surface area contributed by atoms with Gasteiger partial charge in [0.2, 0.25) is 5.91 Å². The number of amides is 1. The number of carbonyl (C=O) groups is 1. The van der Waals surface area contributed by atoms with Gasteiger partial charge in [-0.2, -0.15) is 0 Å². The zero-order valence-electron chi connectivity index (χ0n) is 16.7. The largest absolute Gasteiger partial charge is 0.493 e. The van der Waals surface area contributed by atoms with E-state index in [-0.39, 0.29) is 18.3 Å². The number of nitrogens with zero attached hydrogens (tertiary/aromatic N) is 2. The summed E-state index contributed by atoms with van der Waals surface area (Å²) in [5.41, 5.74) is 2.11. The lowest BCUT2D eigenvalue weighted by molar-refractivity contribution is -0.121. The summed E-state index contributed by atoms with van der Waals surface area (Å²) in [7, 11) is 3.16. The molecule has 0 radical (unpaired) electrons. The number of hydrogen-bond acceptors (Lipinski definition) is 4. The zero-order chi connectivity index (χ0) is 20.8. The predicted octanol–water partition coefficient (Wildman–Crippen LogP) is 3.59. The second-order valence-corrected chi connectivity index (χ2v) is 6.60. The molecular weight excluding hydrogens is 373 g/mol. The molecule has 7 heteroatoms. The minimum atomic E-state index is -0.358. The monoisotopic (exact) mass is 397 g/mol. The molecule has 0 saturated heterocycles. The molecule has 0 atom stereocenters. The van der Waals surface area contributed by atoms with E-state index in [1.165, 1.54) is 6.07 Å². The summed E-state index contributed by atoms with van der Waals surface area (Å²) >= 11 is 0. The maximum atomic E-state index is 14.4. The number of benzene rings is 2. The van der Waals surface area contributed by atoms with E-state index in [1.807, 2.05) is 25.1 Å². The molecule has 152 valence electrons. The molecule has 3 rings (SSSR count). The molecule has 6 nitrogen and oxygen atoms in total. The van der Waals surface area contributed by atoms with Crippen LogP contribution in [0.3, 0.4) is 0 Å². The van der Waals surface area contributed by atoms with E-state index in [9.17, 15) is 9.18 Å².